The molecule has 0 saturated carbocycles. The van der Waals surface area contributed by atoms with Gasteiger partial charge in [-0.2, -0.15) is 0 Å². The number of carbonyl (C=O) groups is 1. The van der Waals surface area contributed by atoms with Crippen molar-refractivity contribution < 1.29 is 9.90 Å². The van der Waals surface area contributed by atoms with Gasteiger partial charge in [-0.05, 0) is 48.5 Å². The van der Waals surface area contributed by atoms with E-state index in [2.05, 4.69) is 15.3 Å². The lowest BCUT2D eigenvalue weighted by molar-refractivity contribution is 0.103. The number of rotatable bonds is 3. The minimum absolute atomic E-state index is 0.136. The van der Waals surface area contributed by atoms with Gasteiger partial charge in [0.25, 0.3) is 5.91 Å². The molecule has 0 aliphatic rings. The van der Waals surface area contributed by atoms with E-state index in [1.54, 1.807) is 24.5 Å². The van der Waals surface area contributed by atoms with Crippen LogP contribution in [0.25, 0.3) is 21.5 Å². The molecule has 0 atom stereocenters. The van der Waals surface area contributed by atoms with E-state index in [0.717, 1.165) is 16.6 Å². The Balaban J connectivity index is 1.68. The molecule has 4 rings (SSSR count). The maximum atomic E-state index is 12.6. The number of hydrogen-bond acceptors (Lipinski definition) is 6. The van der Waals surface area contributed by atoms with Crippen LogP contribution in [0.4, 0.5) is 11.4 Å². The molecule has 0 radical (unpaired) electrons. The highest BCUT2D eigenvalue weighted by atomic mass is 32.1. The van der Waals surface area contributed by atoms with E-state index in [1.807, 2.05) is 24.3 Å². The third-order valence-electron chi connectivity index (χ3n) is 3.88. The minimum atomic E-state index is -0.306. The number of benzene rings is 1. The van der Waals surface area contributed by atoms with Gasteiger partial charge in [0.15, 0.2) is 0 Å². The molecule has 0 unspecified atom stereocenters. The van der Waals surface area contributed by atoms with Gasteiger partial charge in [-0.1, -0.05) is 0 Å². The summed E-state index contributed by atoms with van der Waals surface area (Å²) in [6.45, 7) is 0. The molecule has 1 amide bonds. The Morgan fingerprint density at radius 2 is 1.92 bits per heavy atom. The van der Waals surface area contributed by atoms with E-state index in [9.17, 15) is 9.90 Å². The van der Waals surface area contributed by atoms with E-state index in [-0.39, 0.29) is 11.7 Å². The molecule has 4 N–H and O–H groups in total. The molecule has 0 spiro atoms. The molecule has 0 saturated heterocycles. The zero-order chi connectivity index (χ0) is 18.1. The van der Waals surface area contributed by atoms with Crippen molar-refractivity contribution in [2.24, 2.45) is 0 Å². The molecule has 0 fully saturated rings. The molecule has 7 heteroatoms. The molecule has 6 nitrogen and oxygen atoms in total. The summed E-state index contributed by atoms with van der Waals surface area (Å²) in [4.78, 5) is 22.4. The second kappa shape index (κ2) is 6.45. The molecule has 3 heterocycles. The van der Waals surface area contributed by atoms with Gasteiger partial charge in [0, 0.05) is 29.0 Å². The third-order valence-corrected chi connectivity index (χ3v) is 5.00. The van der Waals surface area contributed by atoms with E-state index in [4.69, 9.17) is 5.73 Å². The van der Waals surface area contributed by atoms with Gasteiger partial charge >= 0.3 is 0 Å². The number of nitrogens with two attached hydrogens (primary N) is 1. The number of hydrogen-bond donors (Lipinski definition) is 3. The first kappa shape index (κ1) is 16.0. The minimum Gasteiger partial charge on any atom is -0.508 e. The fraction of sp³-hybridized carbons (Fsp3) is 0. The second-order valence-electron chi connectivity index (χ2n) is 5.64. The average Bonchev–Trinajstić information content (AvgIpc) is 3.00. The predicted octanol–water partition coefficient (Wildman–Crippen LogP) is 3.90. The number of nitrogens with zero attached hydrogens (tertiary/aromatic N) is 2. The average molecular weight is 362 g/mol. The van der Waals surface area contributed by atoms with Crippen LogP contribution < -0.4 is 11.1 Å². The van der Waals surface area contributed by atoms with Gasteiger partial charge in [0.1, 0.15) is 15.5 Å². The van der Waals surface area contributed by atoms with Crippen LogP contribution in [0.2, 0.25) is 0 Å². The van der Waals surface area contributed by atoms with Gasteiger partial charge in [0.05, 0.1) is 11.4 Å². The summed E-state index contributed by atoms with van der Waals surface area (Å²) in [7, 11) is 0. The number of thiophene rings is 1. The Morgan fingerprint density at radius 3 is 2.65 bits per heavy atom. The van der Waals surface area contributed by atoms with Crippen molar-refractivity contribution in [2.45, 2.75) is 0 Å². The van der Waals surface area contributed by atoms with Crippen molar-refractivity contribution in [3.63, 3.8) is 0 Å². The molecular weight excluding hydrogens is 348 g/mol. The molecular formula is C19H14N4O2S. The summed E-state index contributed by atoms with van der Waals surface area (Å²) in [6.07, 6.45) is 3.44. The summed E-state index contributed by atoms with van der Waals surface area (Å²) in [5, 5.41) is 12.8. The van der Waals surface area contributed by atoms with Crippen LogP contribution in [0, 0.1) is 0 Å². The highest BCUT2D eigenvalue weighted by molar-refractivity contribution is 7.21. The first-order chi connectivity index (χ1) is 12.6. The van der Waals surface area contributed by atoms with Crippen molar-refractivity contribution in [3.05, 3.63) is 65.8 Å². The Kier molecular flexibility index (Phi) is 3.98. The summed E-state index contributed by atoms with van der Waals surface area (Å²) < 4.78 is 0. The van der Waals surface area contributed by atoms with Crippen LogP contribution in [0.1, 0.15) is 9.67 Å². The normalized spacial score (nSPS) is 10.8. The number of nitrogen functional groups attached to an aromatic ring is 1. The zero-order valence-corrected chi connectivity index (χ0v) is 14.3. The van der Waals surface area contributed by atoms with Gasteiger partial charge in [0.2, 0.25) is 0 Å². The second-order valence-corrected chi connectivity index (χ2v) is 6.64. The number of carbonyl (C=O) groups excluding carboxylic acids is 1. The lowest BCUT2D eigenvalue weighted by atomic mass is 10.1. The SMILES string of the molecule is Nc1c(C(=O)Nc2ccc(O)cc2)sc2nc(-c3cccnc3)ccc12. The molecule has 4 aromatic rings. The maximum Gasteiger partial charge on any atom is 0.267 e. The summed E-state index contributed by atoms with van der Waals surface area (Å²) in [5.74, 6) is -0.171. The van der Waals surface area contributed by atoms with Crippen LogP contribution in [0.3, 0.4) is 0 Å². The van der Waals surface area contributed by atoms with Gasteiger partial charge in [-0.3, -0.25) is 9.78 Å². The van der Waals surface area contributed by atoms with E-state index < -0.39 is 0 Å². The van der Waals surface area contributed by atoms with Crippen molar-refractivity contribution >= 4 is 38.8 Å². The van der Waals surface area contributed by atoms with Crippen molar-refractivity contribution in [1.82, 2.24) is 9.97 Å². The molecule has 0 bridgehead atoms. The quantitative estimate of drug-likeness (QED) is 0.480. The fourth-order valence-corrected chi connectivity index (χ4v) is 3.56. The van der Waals surface area contributed by atoms with Crippen LogP contribution in [0.5, 0.6) is 5.75 Å². The van der Waals surface area contributed by atoms with Crippen LogP contribution in [-0.4, -0.2) is 21.0 Å². The molecule has 26 heavy (non-hydrogen) atoms. The summed E-state index contributed by atoms with van der Waals surface area (Å²) in [6, 6.07) is 13.8. The predicted molar refractivity (Wildman–Crippen MR) is 103 cm³/mol. The molecule has 3 aromatic heterocycles. The number of fused-ring (bicyclic) bond motifs is 1. The largest absolute Gasteiger partial charge is 0.508 e. The van der Waals surface area contributed by atoms with Crippen LogP contribution in [-0.2, 0) is 0 Å². The molecule has 1 aromatic carbocycles. The smallest absolute Gasteiger partial charge is 0.267 e. The van der Waals surface area contributed by atoms with Crippen molar-refractivity contribution in [2.75, 3.05) is 11.1 Å². The lowest BCUT2D eigenvalue weighted by Gasteiger charge is -2.04. The van der Waals surface area contributed by atoms with Gasteiger partial charge < -0.3 is 16.2 Å². The number of anilines is 2. The monoisotopic (exact) mass is 362 g/mol. The van der Waals surface area contributed by atoms with Crippen LogP contribution in [0.15, 0.2) is 60.9 Å². The maximum absolute atomic E-state index is 12.6. The third kappa shape index (κ3) is 2.96. The number of nitrogens with one attached hydrogen (secondary N) is 1. The summed E-state index contributed by atoms with van der Waals surface area (Å²) in [5.41, 5.74) is 8.82. The topological polar surface area (TPSA) is 101 Å². The molecule has 0 aliphatic heterocycles. The number of aromatic hydroxyl groups is 1. The number of pyridine rings is 2. The number of aromatic nitrogens is 2. The first-order valence-electron chi connectivity index (χ1n) is 7.81. The van der Waals surface area contributed by atoms with Gasteiger partial charge in [-0.25, -0.2) is 4.98 Å². The first-order valence-corrected chi connectivity index (χ1v) is 8.63. The Hall–Kier alpha value is -3.45. The Morgan fingerprint density at radius 1 is 1.12 bits per heavy atom. The fourth-order valence-electron chi connectivity index (χ4n) is 2.57. The highest BCUT2D eigenvalue weighted by Crippen LogP contribution is 2.34. The Bertz CT molecular complexity index is 1090. The Labute approximate surface area is 153 Å². The zero-order valence-electron chi connectivity index (χ0n) is 13.5. The number of phenolic OH excluding ortho intramolecular Hbond substituents is 1. The van der Waals surface area contributed by atoms with E-state index in [0.29, 0.717) is 21.1 Å². The lowest BCUT2D eigenvalue weighted by Crippen LogP contribution is -2.11. The van der Waals surface area contributed by atoms with E-state index in [1.165, 1.54) is 23.5 Å². The van der Waals surface area contributed by atoms with Crippen molar-refractivity contribution in [1.29, 1.82) is 0 Å². The van der Waals surface area contributed by atoms with Crippen LogP contribution >= 0.6 is 11.3 Å². The number of amides is 1. The van der Waals surface area contributed by atoms with Gasteiger partial charge in [-0.15, -0.1) is 11.3 Å². The summed E-state index contributed by atoms with van der Waals surface area (Å²) >= 11 is 1.25. The molecule has 0 aliphatic carbocycles. The van der Waals surface area contributed by atoms with Crippen molar-refractivity contribution in [3.8, 4) is 17.0 Å². The standard InChI is InChI=1S/C19H14N4O2S/c20-16-14-7-8-15(11-2-1-9-21-10-11)23-19(14)26-17(16)18(25)22-12-3-5-13(24)6-4-12/h1-10,24H,20H2,(H,22,25). The highest BCUT2D eigenvalue weighted by Gasteiger charge is 2.18. The number of phenols is 1. The molecule has 128 valence electrons. The van der Waals surface area contributed by atoms with E-state index >= 15 is 0 Å².